The van der Waals surface area contributed by atoms with Crippen LogP contribution in [-0.2, 0) is 4.79 Å². The van der Waals surface area contributed by atoms with Gasteiger partial charge < -0.3 is 9.84 Å². The van der Waals surface area contributed by atoms with Crippen molar-refractivity contribution >= 4 is 5.97 Å². The van der Waals surface area contributed by atoms with E-state index in [0.717, 1.165) is 5.69 Å². The van der Waals surface area contributed by atoms with Crippen LogP contribution in [-0.4, -0.2) is 27.0 Å². The van der Waals surface area contributed by atoms with E-state index in [-0.39, 0.29) is 5.92 Å². The molecule has 5 nitrogen and oxygen atoms in total. The maximum absolute atomic E-state index is 11.1. The first-order valence-corrected chi connectivity index (χ1v) is 6.07. The van der Waals surface area contributed by atoms with Gasteiger partial charge in [0.25, 0.3) is 0 Å². The highest BCUT2D eigenvalue weighted by Gasteiger charge is 2.23. The number of aromatic nitrogens is 2. The molecule has 0 radical (unpaired) electrons. The lowest BCUT2D eigenvalue weighted by Crippen LogP contribution is -2.32. The Bertz CT molecular complexity index is 549. The largest absolute Gasteiger partial charge is 0.478 e. The molecule has 0 aliphatic carbocycles. The molecule has 2 aromatic rings. The van der Waals surface area contributed by atoms with Crippen LogP contribution in [0.25, 0.3) is 5.69 Å². The van der Waals surface area contributed by atoms with Crippen LogP contribution in [0.4, 0.5) is 0 Å². The smallest absolute Gasteiger partial charge is 0.345 e. The predicted octanol–water partition coefficient (Wildman–Crippen LogP) is 2.36. The SMILES string of the molecule is CC(C)C(Oc1cnn(-c2ccccc2)c1)C(=O)O. The van der Waals surface area contributed by atoms with Gasteiger partial charge in [-0.2, -0.15) is 5.10 Å². The molecule has 2 rings (SSSR count). The van der Waals surface area contributed by atoms with Gasteiger partial charge in [0.2, 0.25) is 0 Å². The molecule has 1 heterocycles. The average molecular weight is 260 g/mol. The molecule has 1 unspecified atom stereocenters. The summed E-state index contributed by atoms with van der Waals surface area (Å²) in [6, 6.07) is 9.56. The van der Waals surface area contributed by atoms with Crippen molar-refractivity contribution in [1.82, 2.24) is 9.78 Å². The third-order valence-corrected chi connectivity index (χ3v) is 2.69. The van der Waals surface area contributed by atoms with Crippen LogP contribution in [0.1, 0.15) is 13.8 Å². The molecule has 0 fully saturated rings. The monoisotopic (exact) mass is 260 g/mol. The van der Waals surface area contributed by atoms with Gasteiger partial charge in [0, 0.05) is 5.92 Å². The van der Waals surface area contributed by atoms with Crippen molar-refractivity contribution in [1.29, 1.82) is 0 Å². The molecule has 5 heteroatoms. The van der Waals surface area contributed by atoms with Crippen molar-refractivity contribution < 1.29 is 14.6 Å². The third kappa shape index (κ3) is 3.13. The highest BCUT2D eigenvalue weighted by molar-refractivity contribution is 5.73. The van der Waals surface area contributed by atoms with Crippen LogP contribution in [0.2, 0.25) is 0 Å². The minimum absolute atomic E-state index is 0.113. The first kappa shape index (κ1) is 13.1. The number of benzene rings is 1. The summed E-state index contributed by atoms with van der Waals surface area (Å²) in [5, 5.41) is 13.2. The number of para-hydroxylation sites is 1. The van der Waals surface area contributed by atoms with E-state index in [1.165, 1.54) is 6.20 Å². The summed E-state index contributed by atoms with van der Waals surface area (Å²) in [7, 11) is 0. The maximum Gasteiger partial charge on any atom is 0.345 e. The van der Waals surface area contributed by atoms with Gasteiger partial charge in [-0.05, 0) is 12.1 Å². The Morgan fingerprint density at radius 2 is 2.00 bits per heavy atom. The van der Waals surface area contributed by atoms with Gasteiger partial charge in [0.05, 0.1) is 18.1 Å². The number of hydrogen-bond donors (Lipinski definition) is 1. The first-order chi connectivity index (χ1) is 9.08. The Morgan fingerprint density at radius 3 is 2.58 bits per heavy atom. The van der Waals surface area contributed by atoms with Gasteiger partial charge in [-0.15, -0.1) is 0 Å². The number of carbonyl (C=O) groups is 1. The maximum atomic E-state index is 11.1. The Kier molecular flexibility index (Phi) is 3.85. The average Bonchev–Trinajstić information content (AvgIpc) is 2.85. The van der Waals surface area contributed by atoms with Gasteiger partial charge in [0.15, 0.2) is 11.9 Å². The lowest BCUT2D eigenvalue weighted by molar-refractivity contribution is -0.147. The quantitative estimate of drug-likeness (QED) is 0.896. The Morgan fingerprint density at radius 1 is 1.32 bits per heavy atom. The van der Waals surface area contributed by atoms with E-state index in [1.807, 2.05) is 30.3 Å². The Balaban J connectivity index is 2.16. The number of aliphatic carboxylic acids is 1. The van der Waals surface area contributed by atoms with E-state index >= 15 is 0 Å². The molecule has 0 spiro atoms. The van der Waals surface area contributed by atoms with E-state index in [2.05, 4.69) is 5.10 Å². The lowest BCUT2D eigenvalue weighted by Gasteiger charge is -2.16. The summed E-state index contributed by atoms with van der Waals surface area (Å²) in [5.41, 5.74) is 0.897. The van der Waals surface area contributed by atoms with Crippen LogP contribution < -0.4 is 4.74 Å². The zero-order chi connectivity index (χ0) is 13.8. The summed E-state index contributed by atoms with van der Waals surface area (Å²) in [5.74, 6) is -0.634. The number of rotatable bonds is 5. The van der Waals surface area contributed by atoms with E-state index in [4.69, 9.17) is 9.84 Å². The van der Waals surface area contributed by atoms with Crippen molar-refractivity contribution in [2.75, 3.05) is 0 Å². The van der Waals surface area contributed by atoms with Crippen molar-refractivity contribution in [3.05, 3.63) is 42.7 Å². The highest BCUT2D eigenvalue weighted by Crippen LogP contribution is 2.17. The number of ether oxygens (including phenoxy) is 1. The Hall–Kier alpha value is -2.30. The molecule has 0 bridgehead atoms. The van der Waals surface area contributed by atoms with Crippen molar-refractivity contribution in [2.24, 2.45) is 5.92 Å². The fourth-order valence-electron chi connectivity index (χ4n) is 1.71. The van der Waals surface area contributed by atoms with Gasteiger partial charge in [-0.1, -0.05) is 32.0 Å². The molecule has 0 amide bonds. The normalized spacial score (nSPS) is 12.4. The molecule has 0 aliphatic rings. The Labute approximate surface area is 111 Å². The highest BCUT2D eigenvalue weighted by atomic mass is 16.5. The van der Waals surface area contributed by atoms with Gasteiger partial charge >= 0.3 is 5.97 Å². The van der Waals surface area contributed by atoms with Crippen LogP contribution in [0.15, 0.2) is 42.7 Å². The van der Waals surface area contributed by atoms with E-state index in [9.17, 15) is 4.79 Å². The van der Waals surface area contributed by atoms with Crippen LogP contribution in [0.3, 0.4) is 0 Å². The second kappa shape index (κ2) is 5.56. The van der Waals surface area contributed by atoms with E-state index < -0.39 is 12.1 Å². The minimum atomic E-state index is -0.970. The van der Waals surface area contributed by atoms with Crippen LogP contribution in [0, 0.1) is 5.92 Å². The number of hydrogen-bond acceptors (Lipinski definition) is 3. The number of nitrogens with zero attached hydrogens (tertiary/aromatic N) is 2. The van der Waals surface area contributed by atoms with Gasteiger partial charge in [0.1, 0.15) is 0 Å². The molecule has 19 heavy (non-hydrogen) atoms. The molecule has 0 saturated carbocycles. The molecule has 0 saturated heterocycles. The molecule has 1 N–H and O–H groups in total. The summed E-state index contributed by atoms with van der Waals surface area (Å²) < 4.78 is 7.10. The molecule has 100 valence electrons. The van der Waals surface area contributed by atoms with E-state index in [0.29, 0.717) is 5.75 Å². The van der Waals surface area contributed by atoms with Gasteiger partial charge in [-0.25, -0.2) is 9.48 Å². The number of carboxylic acids is 1. The zero-order valence-corrected chi connectivity index (χ0v) is 10.9. The van der Waals surface area contributed by atoms with Crippen molar-refractivity contribution in [3.8, 4) is 11.4 Å². The fraction of sp³-hybridized carbons (Fsp3) is 0.286. The lowest BCUT2D eigenvalue weighted by atomic mass is 10.1. The van der Waals surface area contributed by atoms with Gasteiger partial charge in [-0.3, -0.25) is 0 Å². The fourth-order valence-corrected chi connectivity index (χ4v) is 1.71. The van der Waals surface area contributed by atoms with E-state index in [1.54, 1.807) is 24.7 Å². The standard InChI is InChI=1S/C14H16N2O3/c1-10(2)13(14(17)18)19-12-8-15-16(9-12)11-6-4-3-5-7-11/h3-10,13H,1-2H3,(H,17,18). The minimum Gasteiger partial charge on any atom is -0.478 e. The summed E-state index contributed by atoms with van der Waals surface area (Å²) in [6.07, 6.45) is 2.33. The molecule has 1 aromatic heterocycles. The molecule has 0 aliphatic heterocycles. The second-order valence-electron chi connectivity index (χ2n) is 4.58. The topological polar surface area (TPSA) is 64.4 Å². The van der Waals surface area contributed by atoms with Crippen molar-refractivity contribution in [3.63, 3.8) is 0 Å². The number of carboxylic acid groups (broad SMARTS) is 1. The summed E-state index contributed by atoms with van der Waals surface area (Å²) >= 11 is 0. The first-order valence-electron chi connectivity index (χ1n) is 6.07. The van der Waals surface area contributed by atoms with Crippen LogP contribution >= 0.6 is 0 Å². The van der Waals surface area contributed by atoms with Crippen molar-refractivity contribution in [2.45, 2.75) is 20.0 Å². The molecular formula is C14H16N2O3. The molecule has 1 aromatic carbocycles. The second-order valence-corrected chi connectivity index (χ2v) is 4.58. The summed E-state index contributed by atoms with van der Waals surface area (Å²) in [6.45, 7) is 3.61. The third-order valence-electron chi connectivity index (χ3n) is 2.69. The van der Waals surface area contributed by atoms with Crippen LogP contribution in [0.5, 0.6) is 5.75 Å². The predicted molar refractivity (Wildman–Crippen MR) is 70.5 cm³/mol. The zero-order valence-electron chi connectivity index (χ0n) is 10.9. The molecule has 1 atom stereocenters. The summed E-state index contributed by atoms with van der Waals surface area (Å²) in [4.78, 5) is 11.1. The molecular weight excluding hydrogens is 244 g/mol.